The number of carboxylic acids is 2. The Hall–Kier alpha value is -3.01. The number of nitrogens with two attached hydrogens (primary N) is 1. The number of rotatable bonds is 8. The second kappa shape index (κ2) is 10.2. The summed E-state index contributed by atoms with van der Waals surface area (Å²) in [7, 11) is 0. The third kappa shape index (κ3) is 5.27. The Morgan fingerprint density at radius 3 is 2.21 bits per heavy atom. The number of nitrogens with zero attached hydrogens (tertiary/aromatic N) is 1. The molecule has 1 aromatic carbocycles. The van der Waals surface area contributed by atoms with Crippen molar-refractivity contribution in [2.75, 3.05) is 0 Å². The Morgan fingerprint density at radius 1 is 1.05 bits per heavy atom. The minimum Gasteiger partial charge on any atom is -0.508 e. The number of hydrogen-bond acceptors (Lipinski definition) is 10. The van der Waals surface area contributed by atoms with Crippen LogP contribution in [0.15, 0.2) is 24.2 Å². The predicted molar refractivity (Wildman–Crippen MR) is 143 cm³/mol. The summed E-state index contributed by atoms with van der Waals surface area (Å²) in [4.78, 5) is 64.9. The van der Waals surface area contributed by atoms with Crippen LogP contribution in [0.2, 0.25) is 0 Å². The van der Waals surface area contributed by atoms with Gasteiger partial charge in [-0.3, -0.25) is 24.5 Å². The van der Waals surface area contributed by atoms with Gasteiger partial charge in [0.05, 0.1) is 10.9 Å². The predicted octanol–water partition coefficient (Wildman–Crippen LogP) is -0.597. The van der Waals surface area contributed by atoms with Crippen LogP contribution in [-0.4, -0.2) is 94.3 Å². The minimum atomic E-state index is -1.85. The molecule has 3 aliphatic heterocycles. The van der Waals surface area contributed by atoms with E-state index in [0.717, 1.165) is 11.8 Å². The van der Waals surface area contributed by atoms with E-state index in [1.807, 2.05) is 0 Å². The van der Waals surface area contributed by atoms with Crippen molar-refractivity contribution in [3.05, 3.63) is 29.7 Å². The number of amides is 3. The molecule has 3 heterocycles. The number of fused-ring (bicyclic) bond motifs is 1. The molecule has 3 amide bonds. The number of carbonyl (C=O) groups is 5. The molecule has 1 unspecified atom stereocenters. The number of aliphatic carboxylic acids is 2. The molecule has 0 aliphatic carbocycles. The fourth-order valence-corrected chi connectivity index (χ4v) is 7.96. The first kappa shape index (κ1) is 23.8. The van der Waals surface area contributed by atoms with Gasteiger partial charge in [-0.25, -0.2) is 4.79 Å². The number of phenols is 1. The zero-order valence-corrected chi connectivity index (χ0v) is 22.9. The maximum Gasteiger partial charge on any atom is 0.327 e. The molecule has 212 valence electrons. The molecule has 7 atom stereocenters. The van der Waals surface area contributed by atoms with Crippen molar-refractivity contribution in [2.45, 2.75) is 78.1 Å². The maximum atomic E-state index is 13.7. The monoisotopic (exact) mass is 585 g/mol. The summed E-state index contributed by atoms with van der Waals surface area (Å²) >= 11 is 2.21. The number of nitrogens with one attached hydrogen (secondary N) is 3. The van der Waals surface area contributed by atoms with Gasteiger partial charge in [-0.2, -0.15) is 0 Å². The molecule has 0 spiro atoms. The SMILES string of the molecule is [2H]c1c([2H])c(C(N)C(=O)N[C@H](C(=O)N[C@@H]2C(=O)N3[C@@H]2SC(C)(C)[C@@H]3C(=O)O)[C@@H]2N[C@@H](C(=O)O)C(C)(C)S2)c([2H])c([2H])c1O. The molecular weight excluding hydrogens is 550 g/mol. The number of thioether (sulfide) groups is 2. The van der Waals surface area contributed by atoms with Gasteiger partial charge in [-0.05, 0) is 45.3 Å². The molecule has 8 N–H and O–H groups in total. The van der Waals surface area contributed by atoms with Gasteiger partial charge in [0.2, 0.25) is 17.7 Å². The van der Waals surface area contributed by atoms with Gasteiger partial charge in [-0.1, -0.05) is 12.1 Å². The van der Waals surface area contributed by atoms with E-state index in [4.69, 9.17) is 11.2 Å². The van der Waals surface area contributed by atoms with Crippen LogP contribution in [0.25, 0.3) is 0 Å². The smallest absolute Gasteiger partial charge is 0.327 e. The molecule has 15 heteroatoms. The third-order valence-electron chi connectivity index (χ3n) is 6.78. The van der Waals surface area contributed by atoms with E-state index in [9.17, 15) is 39.3 Å². The highest BCUT2D eigenvalue weighted by molar-refractivity contribution is 8.02. The van der Waals surface area contributed by atoms with Gasteiger partial charge in [0, 0.05) is 9.49 Å². The Labute approximate surface area is 238 Å². The zero-order chi connectivity index (χ0) is 32.5. The van der Waals surface area contributed by atoms with Crippen molar-refractivity contribution in [1.82, 2.24) is 20.9 Å². The second-order valence-electron chi connectivity index (χ2n) is 10.4. The zero-order valence-electron chi connectivity index (χ0n) is 25.3. The first-order valence-corrected chi connectivity index (χ1v) is 13.5. The fourth-order valence-electron chi connectivity index (χ4n) is 4.84. The third-order valence-corrected chi connectivity index (χ3v) is 9.86. The van der Waals surface area contributed by atoms with E-state index in [2.05, 4.69) is 16.0 Å². The van der Waals surface area contributed by atoms with Gasteiger partial charge in [0.25, 0.3) is 0 Å². The molecule has 0 radical (unpaired) electrons. The van der Waals surface area contributed by atoms with Crippen molar-refractivity contribution in [2.24, 2.45) is 5.73 Å². The van der Waals surface area contributed by atoms with Gasteiger partial charge in [0.15, 0.2) is 0 Å². The first-order chi connectivity index (χ1) is 19.7. The lowest BCUT2D eigenvalue weighted by Gasteiger charge is -2.44. The summed E-state index contributed by atoms with van der Waals surface area (Å²) in [5, 5.41) is 35.2. The maximum absolute atomic E-state index is 13.7. The number of β-lactam (4-membered cyclic amide) rings is 1. The largest absolute Gasteiger partial charge is 0.508 e. The van der Waals surface area contributed by atoms with Gasteiger partial charge in [0.1, 0.15) is 41.3 Å². The molecule has 1 aromatic rings. The molecule has 3 aliphatic rings. The lowest BCUT2D eigenvalue weighted by atomic mass is 9.96. The molecule has 3 fully saturated rings. The highest BCUT2D eigenvalue weighted by Crippen LogP contribution is 2.51. The van der Waals surface area contributed by atoms with Crippen molar-refractivity contribution < 1.29 is 44.8 Å². The number of aromatic hydroxyl groups is 1. The lowest BCUT2D eigenvalue weighted by Crippen LogP contribution is -2.72. The van der Waals surface area contributed by atoms with Crippen LogP contribution in [0, 0.1) is 0 Å². The van der Waals surface area contributed by atoms with Crippen molar-refractivity contribution in [1.29, 1.82) is 0 Å². The summed E-state index contributed by atoms with van der Waals surface area (Å²) in [6.07, 6.45) is 0. The minimum absolute atomic E-state index is 0.547. The van der Waals surface area contributed by atoms with Crippen molar-refractivity contribution in [3.8, 4) is 5.75 Å². The van der Waals surface area contributed by atoms with E-state index in [1.165, 1.54) is 16.7 Å². The average molecular weight is 586 g/mol. The van der Waals surface area contributed by atoms with E-state index in [1.54, 1.807) is 27.7 Å². The molecule has 4 rings (SSSR count). The molecule has 0 aromatic heterocycles. The van der Waals surface area contributed by atoms with Crippen LogP contribution >= 0.6 is 23.5 Å². The Kier molecular flexibility index (Phi) is 6.23. The molecule has 0 saturated carbocycles. The molecule has 3 saturated heterocycles. The normalized spacial score (nSPS) is 31.5. The van der Waals surface area contributed by atoms with Crippen LogP contribution < -0.4 is 21.7 Å². The topological polar surface area (TPSA) is 211 Å². The molecule has 39 heavy (non-hydrogen) atoms. The van der Waals surface area contributed by atoms with Crippen LogP contribution in [0.5, 0.6) is 5.75 Å². The molecular formula is C24H31N5O8S2. The number of benzene rings is 1. The van der Waals surface area contributed by atoms with Crippen LogP contribution in [0.1, 0.15) is 44.8 Å². The average Bonchev–Trinajstić information content (AvgIpc) is 3.37. The van der Waals surface area contributed by atoms with E-state index < -0.39 is 116 Å². The fraction of sp³-hybridized carbons (Fsp3) is 0.542. The number of phenolic OH excluding ortho intramolecular Hbond substituents is 1. The Morgan fingerprint density at radius 2 is 1.67 bits per heavy atom. The summed E-state index contributed by atoms with van der Waals surface area (Å²) in [5.74, 6) is -6.02. The first-order valence-electron chi connectivity index (χ1n) is 13.8. The summed E-state index contributed by atoms with van der Waals surface area (Å²) in [5.41, 5.74) is 5.49. The summed E-state index contributed by atoms with van der Waals surface area (Å²) in [6, 6.07) is -10.0. The molecule has 13 nitrogen and oxygen atoms in total. The van der Waals surface area contributed by atoms with Gasteiger partial charge >= 0.3 is 11.9 Å². The lowest BCUT2D eigenvalue weighted by molar-refractivity contribution is -0.161. The summed E-state index contributed by atoms with van der Waals surface area (Å²) in [6.45, 7) is 6.55. The van der Waals surface area contributed by atoms with Gasteiger partial charge < -0.3 is 36.6 Å². The van der Waals surface area contributed by atoms with Crippen LogP contribution in [0.3, 0.4) is 0 Å². The van der Waals surface area contributed by atoms with E-state index in [-0.39, 0.29) is 0 Å². The quantitative estimate of drug-likeness (QED) is 0.191. The Balaban J connectivity index is 1.63. The number of hydrogen-bond donors (Lipinski definition) is 7. The van der Waals surface area contributed by atoms with E-state index in [0.29, 0.717) is 0 Å². The van der Waals surface area contributed by atoms with Crippen molar-refractivity contribution in [3.63, 3.8) is 0 Å². The van der Waals surface area contributed by atoms with Crippen LogP contribution in [-0.2, 0) is 24.0 Å². The highest BCUT2D eigenvalue weighted by Gasteiger charge is 2.64. The Bertz CT molecular complexity index is 1400. The number of carboxylic acid groups (broad SMARTS) is 2. The van der Waals surface area contributed by atoms with Crippen LogP contribution in [0.4, 0.5) is 0 Å². The van der Waals surface area contributed by atoms with Gasteiger partial charge in [-0.15, -0.1) is 23.5 Å². The summed E-state index contributed by atoms with van der Waals surface area (Å²) < 4.78 is 30.0. The number of carbonyl (C=O) groups excluding carboxylic acids is 3. The van der Waals surface area contributed by atoms with E-state index >= 15 is 0 Å². The molecule has 0 bridgehead atoms. The second-order valence-corrected chi connectivity index (χ2v) is 14.0. The standard InChI is InChI=1S/C24H31N5O8S2/c1-23(2)14(21(34)35)28-18(38-23)12(26-16(31)11(25)9-5-7-10(30)8-6-9)17(32)27-13-19(33)29-15(22(36)37)24(3,4)39-20(13)29/h5-8,11-15,18,20,28,30H,25H2,1-4H3,(H,26,31)(H,27,32)(H,34,35)(H,36,37)/t11?,12-,13-,14+,15+,18-,20-/m1/s1/i5D,6D,7D,8D. The highest BCUT2D eigenvalue weighted by atomic mass is 32.2. The van der Waals surface area contributed by atoms with Crippen molar-refractivity contribution >= 4 is 53.2 Å².